The molecular weight excluding hydrogens is 345 g/mol. The molecule has 4 nitrogen and oxygen atoms in total. The van der Waals surface area contributed by atoms with E-state index in [1.54, 1.807) is 48.5 Å². The van der Waals surface area contributed by atoms with Gasteiger partial charge in [-0.25, -0.2) is 4.98 Å². The van der Waals surface area contributed by atoms with Gasteiger partial charge in [0, 0.05) is 16.9 Å². The molecule has 6 heteroatoms. The average molecular weight is 358 g/mol. The van der Waals surface area contributed by atoms with Crippen molar-refractivity contribution >= 4 is 46.3 Å². The number of carbonyl (C=O) groups excluding carboxylic acids is 1. The number of halogens is 2. The molecule has 1 heterocycles. The SMILES string of the molecule is O=C(Nc1ccccc1Cl)c1ccc(Nc2cccc(Cl)c2)nc1. The molecular formula is C18H13Cl2N3O. The Morgan fingerprint density at radius 2 is 1.79 bits per heavy atom. The van der Waals surface area contributed by atoms with E-state index in [1.165, 1.54) is 6.20 Å². The van der Waals surface area contributed by atoms with Crippen molar-refractivity contribution in [2.24, 2.45) is 0 Å². The number of nitrogens with zero attached hydrogens (tertiary/aromatic N) is 1. The highest BCUT2D eigenvalue weighted by Gasteiger charge is 2.09. The fourth-order valence-electron chi connectivity index (χ4n) is 2.07. The van der Waals surface area contributed by atoms with Gasteiger partial charge in [-0.15, -0.1) is 0 Å². The van der Waals surface area contributed by atoms with Gasteiger partial charge in [0.15, 0.2) is 0 Å². The first-order valence-electron chi connectivity index (χ1n) is 7.16. The second kappa shape index (κ2) is 7.34. The van der Waals surface area contributed by atoms with Gasteiger partial charge in [-0.1, -0.05) is 41.4 Å². The molecule has 24 heavy (non-hydrogen) atoms. The van der Waals surface area contributed by atoms with Gasteiger partial charge < -0.3 is 10.6 Å². The van der Waals surface area contributed by atoms with Gasteiger partial charge >= 0.3 is 0 Å². The van der Waals surface area contributed by atoms with Crippen molar-refractivity contribution in [3.05, 3.63) is 82.5 Å². The minimum absolute atomic E-state index is 0.273. The first-order valence-corrected chi connectivity index (χ1v) is 7.92. The molecule has 2 N–H and O–H groups in total. The molecule has 0 bridgehead atoms. The molecule has 0 fully saturated rings. The van der Waals surface area contributed by atoms with Crippen molar-refractivity contribution in [2.75, 3.05) is 10.6 Å². The molecule has 0 aliphatic rings. The maximum atomic E-state index is 12.2. The molecule has 2 aromatic carbocycles. The summed E-state index contributed by atoms with van der Waals surface area (Å²) in [4.78, 5) is 16.5. The quantitative estimate of drug-likeness (QED) is 0.658. The summed E-state index contributed by atoms with van der Waals surface area (Å²) in [6.07, 6.45) is 1.50. The minimum Gasteiger partial charge on any atom is -0.340 e. The lowest BCUT2D eigenvalue weighted by Crippen LogP contribution is -2.12. The van der Waals surface area contributed by atoms with Crippen molar-refractivity contribution in [3.8, 4) is 0 Å². The summed E-state index contributed by atoms with van der Waals surface area (Å²) >= 11 is 12.0. The maximum absolute atomic E-state index is 12.2. The molecule has 3 rings (SSSR count). The van der Waals surface area contributed by atoms with Gasteiger partial charge in [0.2, 0.25) is 0 Å². The van der Waals surface area contributed by atoms with Crippen LogP contribution in [0, 0.1) is 0 Å². The third kappa shape index (κ3) is 4.04. The molecule has 0 saturated carbocycles. The second-order valence-electron chi connectivity index (χ2n) is 5.00. The van der Waals surface area contributed by atoms with E-state index in [9.17, 15) is 4.79 Å². The van der Waals surface area contributed by atoms with Gasteiger partial charge in [0.05, 0.1) is 16.3 Å². The van der Waals surface area contributed by atoms with E-state index in [0.29, 0.717) is 27.1 Å². The standard InChI is InChI=1S/C18H13Cl2N3O/c19-13-4-3-5-14(10-13)22-17-9-8-12(11-21-17)18(24)23-16-7-2-1-6-15(16)20/h1-11H,(H,21,22)(H,23,24). The number of rotatable bonds is 4. The normalized spacial score (nSPS) is 10.2. The van der Waals surface area contributed by atoms with Gasteiger partial charge in [-0.3, -0.25) is 4.79 Å². The van der Waals surface area contributed by atoms with Crippen LogP contribution in [0.25, 0.3) is 0 Å². The zero-order chi connectivity index (χ0) is 16.9. The molecule has 1 aromatic heterocycles. The highest BCUT2D eigenvalue weighted by molar-refractivity contribution is 6.33. The number of nitrogens with one attached hydrogen (secondary N) is 2. The lowest BCUT2D eigenvalue weighted by molar-refractivity contribution is 0.102. The summed E-state index contributed by atoms with van der Waals surface area (Å²) in [5.74, 6) is 0.344. The van der Waals surface area contributed by atoms with E-state index in [1.807, 2.05) is 12.1 Å². The Balaban J connectivity index is 1.70. The Kier molecular flexibility index (Phi) is 4.99. The molecule has 120 valence electrons. The van der Waals surface area contributed by atoms with E-state index in [-0.39, 0.29) is 5.91 Å². The summed E-state index contributed by atoms with van der Waals surface area (Å²) in [5, 5.41) is 6.99. The van der Waals surface area contributed by atoms with Crippen LogP contribution in [-0.4, -0.2) is 10.9 Å². The highest BCUT2D eigenvalue weighted by atomic mass is 35.5. The van der Waals surface area contributed by atoms with E-state index in [4.69, 9.17) is 23.2 Å². The zero-order valence-corrected chi connectivity index (χ0v) is 14.0. The molecule has 0 aliphatic carbocycles. The van der Waals surface area contributed by atoms with Gasteiger partial charge in [0.1, 0.15) is 5.82 Å². The number of pyridine rings is 1. The Morgan fingerprint density at radius 1 is 0.958 bits per heavy atom. The van der Waals surface area contributed by atoms with Crippen LogP contribution in [0.15, 0.2) is 66.9 Å². The van der Waals surface area contributed by atoms with Crippen molar-refractivity contribution in [3.63, 3.8) is 0 Å². The van der Waals surface area contributed by atoms with Crippen LogP contribution in [0.1, 0.15) is 10.4 Å². The maximum Gasteiger partial charge on any atom is 0.257 e. The third-order valence-corrected chi connectivity index (χ3v) is 3.81. The number of para-hydroxylation sites is 1. The van der Waals surface area contributed by atoms with Gasteiger partial charge in [-0.2, -0.15) is 0 Å². The van der Waals surface area contributed by atoms with Crippen LogP contribution in [0.5, 0.6) is 0 Å². The zero-order valence-electron chi connectivity index (χ0n) is 12.5. The molecule has 0 radical (unpaired) electrons. The van der Waals surface area contributed by atoms with Crippen LogP contribution in [0.3, 0.4) is 0 Å². The lowest BCUT2D eigenvalue weighted by Gasteiger charge is -2.08. The Hall–Kier alpha value is -2.56. The molecule has 0 aliphatic heterocycles. The smallest absolute Gasteiger partial charge is 0.257 e. The number of amides is 1. The first-order chi connectivity index (χ1) is 11.6. The summed E-state index contributed by atoms with van der Waals surface area (Å²) in [6.45, 7) is 0. The number of anilines is 3. The molecule has 0 saturated heterocycles. The Labute approximate surface area is 149 Å². The van der Waals surface area contributed by atoms with Crippen molar-refractivity contribution < 1.29 is 4.79 Å². The van der Waals surface area contributed by atoms with Crippen LogP contribution in [0.2, 0.25) is 10.0 Å². The van der Waals surface area contributed by atoms with E-state index < -0.39 is 0 Å². The number of hydrogen-bond acceptors (Lipinski definition) is 3. The highest BCUT2D eigenvalue weighted by Crippen LogP contribution is 2.22. The third-order valence-electron chi connectivity index (χ3n) is 3.24. The number of benzene rings is 2. The summed E-state index contributed by atoms with van der Waals surface area (Å²) < 4.78 is 0. The summed E-state index contributed by atoms with van der Waals surface area (Å²) in [5.41, 5.74) is 1.82. The first kappa shape index (κ1) is 16.3. The predicted molar refractivity (Wildman–Crippen MR) is 98.4 cm³/mol. The molecule has 0 spiro atoms. The molecule has 0 atom stereocenters. The lowest BCUT2D eigenvalue weighted by atomic mass is 10.2. The predicted octanol–water partition coefficient (Wildman–Crippen LogP) is 5.38. The monoisotopic (exact) mass is 357 g/mol. The topological polar surface area (TPSA) is 54.0 Å². The summed E-state index contributed by atoms with van der Waals surface area (Å²) in [7, 11) is 0. The largest absolute Gasteiger partial charge is 0.340 e. The fourth-order valence-corrected chi connectivity index (χ4v) is 2.45. The average Bonchev–Trinajstić information content (AvgIpc) is 2.57. The van der Waals surface area contributed by atoms with Crippen molar-refractivity contribution in [1.29, 1.82) is 0 Å². The van der Waals surface area contributed by atoms with Crippen LogP contribution >= 0.6 is 23.2 Å². The van der Waals surface area contributed by atoms with Gasteiger partial charge in [-0.05, 0) is 42.5 Å². The fraction of sp³-hybridized carbons (Fsp3) is 0. The van der Waals surface area contributed by atoms with E-state index in [2.05, 4.69) is 15.6 Å². The number of aromatic nitrogens is 1. The van der Waals surface area contributed by atoms with Crippen LogP contribution < -0.4 is 10.6 Å². The molecule has 1 amide bonds. The summed E-state index contributed by atoms with van der Waals surface area (Å²) in [6, 6.07) is 17.8. The molecule has 0 unspecified atom stereocenters. The number of carbonyl (C=O) groups is 1. The second-order valence-corrected chi connectivity index (χ2v) is 5.85. The van der Waals surface area contributed by atoms with Crippen LogP contribution in [0.4, 0.5) is 17.2 Å². The Bertz CT molecular complexity index is 866. The molecule has 3 aromatic rings. The van der Waals surface area contributed by atoms with Gasteiger partial charge in [0.25, 0.3) is 5.91 Å². The van der Waals surface area contributed by atoms with E-state index >= 15 is 0 Å². The minimum atomic E-state index is -0.273. The Morgan fingerprint density at radius 3 is 2.50 bits per heavy atom. The van der Waals surface area contributed by atoms with E-state index in [0.717, 1.165) is 5.69 Å². The number of hydrogen-bond donors (Lipinski definition) is 2. The van der Waals surface area contributed by atoms with Crippen molar-refractivity contribution in [1.82, 2.24) is 4.98 Å². The van der Waals surface area contributed by atoms with Crippen molar-refractivity contribution in [2.45, 2.75) is 0 Å². The van der Waals surface area contributed by atoms with Crippen LogP contribution in [-0.2, 0) is 0 Å².